The summed E-state index contributed by atoms with van der Waals surface area (Å²) in [6.07, 6.45) is 0.959. The van der Waals surface area contributed by atoms with E-state index in [2.05, 4.69) is 18.1 Å². The maximum Gasteiger partial charge on any atom is 0.312 e. The van der Waals surface area contributed by atoms with Gasteiger partial charge in [-0.1, -0.05) is 19.1 Å². The molecule has 6 nitrogen and oxygen atoms in total. The average Bonchev–Trinajstić information content (AvgIpc) is 2.74. The van der Waals surface area contributed by atoms with E-state index >= 15 is 0 Å². The third kappa shape index (κ3) is 3.39. The Morgan fingerprint density at radius 1 is 1.38 bits per heavy atom. The lowest BCUT2D eigenvalue weighted by molar-refractivity contribution is -0.386. The van der Waals surface area contributed by atoms with Gasteiger partial charge < -0.3 is 4.74 Å². The van der Waals surface area contributed by atoms with Crippen LogP contribution in [0, 0.1) is 24.0 Å². The maximum atomic E-state index is 10.9. The van der Waals surface area contributed by atoms with E-state index in [-0.39, 0.29) is 10.6 Å². The molecule has 6 heteroatoms. The minimum absolute atomic E-state index is 0.0861. The van der Waals surface area contributed by atoms with Crippen molar-refractivity contribution < 1.29 is 9.66 Å². The molecule has 0 atom stereocenters. The van der Waals surface area contributed by atoms with Crippen molar-refractivity contribution in [3.8, 4) is 5.75 Å². The molecule has 0 radical (unpaired) electrons. The zero-order valence-electron chi connectivity index (χ0n) is 12.5. The van der Waals surface area contributed by atoms with Crippen LogP contribution in [0.4, 0.5) is 5.69 Å². The van der Waals surface area contributed by atoms with Crippen molar-refractivity contribution in [3.63, 3.8) is 0 Å². The lowest BCUT2D eigenvalue weighted by Crippen LogP contribution is -2.11. The summed E-state index contributed by atoms with van der Waals surface area (Å²) < 4.78 is 7.31. The quantitative estimate of drug-likeness (QED) is 0.605. The highest BCUT2D eigenvalue weighted by Crippen LogP contribution is 2.21. The average molecular weight is 289 g/mol. The molecule has 0 spiro atoms. The number of nitrogens with zero attached hydrogens (tertiary/aromatic N) is 3. The fourth-order valence-electron chi connectivity index (χ4n) is 2.27. The molecule has 1 aromatic carbocycles. The van der Waals surface area contributed by atoms with Gasteiger partial charge in [-0.25, -0.2) is 0 Å². The topological polar surface area (TPSA) is 70.2 Å². The van der Waals surface area contributed by atoms with Crippen molar-refractivity contribution in [2.24, 2.45) is 0 Å². The van der Waals surface area contributed by atoms with Gasteiger partial charge in [0.2, 0.25) is 0 Å². The standard InChI is InChI=1S/C15H19N3O3/c1-4-13-6-5-7-14(10-13)21-9-8-17-12(3)15(18(19)20)11(2)16-17/h5-7,10H,4,8-9H2,1-3H3. The van der Waals surface area contributed by atoms with Crippen LogP contribution in [0.2, 0.25) is 0 Å². The summed E-state index contributed by atoms with van der Waals surface area (Å²) in [5.41, 5.74) is 2.30. The molecule has 1 aromatic heterocycles. The van der Waals surface area contributed by atoms with E-state index in [9.17, 15) is 10.1 Å². The molecule has 0 fully saturated rings. The fourth-order valence-corrected chi connectivity index (χ4v) is 2.27. The zero-order valence-corrected chi connectivity index (χ0v) is 12.5. The van der Waals surface area contributed by atoms with Gasteiger partial charge in [0, 0.05) is 0 Å². The molecule has 1 heterocycles. The fraction of sp³-hybridized carbons (Fsp3) is 0.400. The first kappa shape index (κ1) is 15.0. The van der Waals surface area contributed by atoms with Gasteiger partial charge in [0.05, 0.1) is 11.5 Å². The Balaban J connectivity index is 2.00. The van der Waals surface area contributed by atoms with Crippen LogP contribution in [-0.2, 0) is 13.0 Å². The maximum absolute atomic E-state index is 10.9. The number of hydrogen-bond acceptors (Lipinski definition) is 4. The molecule has 0 saturated carbocycles. The summed E-state index contributed by atoms with van der Waals surface area (Å²) in [6, 6.07) is 7.92. The summed E-state index contributed by atoms with van der Waals surface area (Å²) in [4.78, 5) is 10.6. The van der Waals surface area contributed by atoms with Crippen LogP contribution < -0.4 is 4.74 Å². The van der Waals surface area contributed by atoms with Crippen LogP contribution in [0.5, 0.6) is 5.75 Å². The summed E-state index contributed by atoms with van der Waals surface area (Å²) in [6.45, 7) is 6.35. The van der Waals surface area contributed by atoms with Crippen LogP contribution in [0.25, 0.3) is 0 Å². The molecule has 0 saturated heterocycles. The van der Waals surface area contributed by atoms with Gasteiger partial charge in [-0.3, -0.25) is 14.8 Å². The van der Waals surface area contributed by atoms with Crippen molar-refractivity contribution in [1.82, 2.24) is 9.78 Å². The van der Waals surface area contributed by atoms with Crippen molar-refractivity contribution in [1.29, 1.82) is 0 Å². The molecule has 2 aromatic rings. The van der Waals surface area contributed by atoms with Crippen LogP contribution in [0.1, 0.15) is 23.9 Å². The van der Waals surface area contributed by atoms with Gasteiger partial charge in [0.25, 0.3) is 0 Å². The highest BCUT2D eigenvalue weighted by molar-refractivity contribution is 5.39. The molecule has 0 amide bonds. The van der Waals surface area contributed by atoms with E-state index in [1.165, 1.54) is 5.56 Å². The first-order chi connectivity index (χ1) is 10.0. The van der Waals surface area contributed by atoms with E-state index in [1.807, 2.05) is 18.2 Å². The van der Waals surface area contributed by atoms with E-state index in [1.54, 1.807) is 18.5 Å². The minimum atomic E-state index is -0.389. The van der Waals surface area contributed by atoms with Gasteiger partial charge in [-0.15, -0.1) is 0 Å². The van der Waals surface area contributed by atoms with Crippen LogP contribution in [0.3, 0.4) is 0 Å². The SMILES string of the molecule is CCc1cccc(OCCn2nc(C)c([N+](=O)[O-])c2C)c1. The highest BCUT2D eigenvalue weighted by Gasteiger charge is 2.21. The van der Waals surface area contributed by atoms with Gasteiger partial charge in [0.15, 0.2) is 0 Å². The number of aryl methyl sites for hydroxylation is 2. The molecule has 0 aliphatic carbocycles. The summed E-state index contributed by atoms with van der Waals surface area (Å²) in [5.74, 6) is 0.811. The highest BCUT2D eigenvalue weighted by atomic mass is 16.6. The van der Waals surface area contributed by atoms with Crippen molar-refractivity contribution in [3.05, 3.63) is 51.3 Å². The Labute approximate surface area is 123 Å². The van der Waals surface area contributed by atoms with E-state index in [4.69, 9.17) is 4.74 Å². The zero-order chi connectivity index (χ0) is 15.4. The number of benzene rings is 1. The number of rotatable bonds is 6. The number of hydrogen-bond donors (Lipinski definition) is 0. The predicted molar refractivity (Wildman–Crippen MR) is 79.7 cm³/mol. The first-order valence-electron chi connectivity index (χ1n) is 6.93. The molecule has 0 aliphatic heterocycles. The first-order valence-corrected chi connectivity index (χ1v) is 6.93. The second-order valence-electron chi connectivity index (χ2n) is 4.85. The Kier molecular flexibility index (Phi) is 4.57. The van der Waals surface area contributed by atoms with Crippen molar-refractivity contribution >= 4 is 5.69 Å². The number of aromatic nitrogens is 2. The van der Waals surface area contributed by atoms with E-state index in [0.717, 1.165) is 12.2 Å². The Morgan fingerprint density at radius 3 is 2.76 bits per heavy atom. The van der Waals surface area contributed by atoms with Gasteiger partial charge >= 0.3 is 5.69 Å². The molecular formula is C15H19N3O3. The van der Waals surface area contributed by atoms with Crippen LogP contribution >= 0.6 is 0 Å². The normalized spacial score (nSPS) is 10.6. The van der Waals surface area contributed by atoms with E-state index < -0.39 is 0 Å². The second-order valence-corrected chi connectivity index (χ2v) is 4.85. The number of nitro groups is 1. The lowest BCUT2D eigenvalue weighted by atomic mass is 10.2. The molecular weight excluding hydrogens is 270 g/mol. The molecule has 0 unspecified atom stereocenters. The predicted octanol–water partition coefficient (Wildman–Crippen LogP) is 3.05. The van der Waals surface area contributed by atoms with E-state index in [0.29, 0.717) is 24.5 Å². The van der Waals surface area contributed by atoms with Crippen LogP contribution in [-0.4, -0.2) is 21.3 Å². The van der Waals surface area contributed by atoms with Gasteiger partial charge in [-0.05, 0) is 38.0 Å². The number of ether oxygens (including phenoxy) is 1. The summed E-state index contributed by atoms with van der Waals surface area (Å²) in [7, 11) is 0. The molecule has 0 bridgehead atoms. The Hall–Kier alpha value is -2.37. The Bertz CT molecular complexity index is 650. The molecule has 2 rings (SSSR count). The third-order valence-electron chi connectivity index (χ3n) is 3.40. The smallest absolute Gasteiger partial charge is 0.312 e. The third-order valence-corrected chi connectivity index (χ3v) is 3.40. The Morgan fingerprint density at radius 2 is 2.14 bits per heavy atom. The van der Waals surface area contributed by atoms with Crippen LogP contribution in [0.15, 0.2) is 24.3 Å². The largest absolute Gasteiger partial charge is 0.492 e. The molecule has 21 heavy (non-hydrogen) atoms. The minimum Gasteiger partial charge on any atom is -0.492 e. The van der Waals surface area contributed by atoms with Gasteiger partial charge in [0.1, 0.15) is 23.7 Å². The second kappa shape index (κ2) is 6.39. The van der Waals surface area contributed by atoms with Crippen molar-refractivity contribution in [2.45, 2.75) is 33.7 Å². The molecule has 0 N–H and O–H groups in total. The van der Waals surface area contributed by atoms with Crippen molar-refractivity contribution in [2.75, 3.05) is 6.61 Å². The molecule has 0 aliphatic rings. The molecule has 112 valence electrons. The summed E-state index contributed by atoms with van der Waals surface area (Å²) in [5, 5.41) is 15.1. The summed E-state index contributed by atoms with van der Waals surface area (Å²) >= 11 is 0. The monoisotopic (exact) mass is 289 g/mol. The lowest BCUT2D eigenvalue weighted by Gasteiger charge is -2.08. The van der Waals surface area contributed by atoms with Gasteiger partial charge in [-0.2, -0.15) is 5.10 Å².